The van der Waals surface area contributed by atoms with Gasteiger partial charge in [-0.05, 0) is 50.1 Å². The summed E-state index contributed by atoms with van der Waals surface area (Å²) >= 11 is 11.9. The predicted octanol–water partition coefficient (Wildman–Crippen LogP) is 3.36. The van der Waals surface area contributed by atoms with Crippen LogP contribution in [0.5, 0.6) is 0 Å². The lowest BCUT2D eigenvalue weighted by Gasteiger charge is -2.30. The van der Waals surface area contributed by atoms with Gasteiger partial charge in [-0.15, -0.1) is 0 Å². The molecule has 1 fully saturated rings. The summed E-state index contributed by atoms with van der Waals surface area (Å²) in [6, 6.07) is 7.65. The van der Waals surface area contributed by atoms with E-state index in [1.807, 2.05) is 0 Å². The fourth-order valence-corrected chi connectivity index (χ4v) is 5.02. The number of carbonyl (C=O) groups is 2. The number of nitrogens with one attached hydrogen (secondary N) is 1. The lowest BCUT2D eigenvalue weighted by molar-refractivity contribution is -0.158. The number of ether oxygens (including phenoxy) is 1. The van der Waals surface area contributed by atoms with Crippen molar-refractivity contribution in [2.24, 2.45) is 5.92 Å². The van der Waals surface area contributed by atoms with Crippen LogP contribution in [0.25, 0.3) is 0 Å². The van der Waals surface area contributed by atoms with E-state index in [2.05, 4.69) is 10.3 Å². The molecule has 2 aromatic rings. The number of rotatable bonds is 6. The van der Waals surface area contributed by atoms with Crippen LogP contribution in [-0.2, 0) is 24.3 Å². The second-order valence-corrected chi connectivity index (χ2v) is 9.84. The minimum Gasteiger partial charge on any atom is -0.452 e. The van der Waals surface area contributed by atoms with Gasteiger partial charge in [-0.1, -0.05) is 23.2 Å². The number of anilines is 1. The second kappa shape index (κ2) is 9.95. The fraction of sp³-hybridized carbons (Fsp3) is 0.350. The zero-order chi connectivity index (χ0) is 22.6. The largest absolute Gasteiger partial charge is 0.452 e. The standard InChI is InChI=1S/C20H21Cl2N3O5S/c1-13(19(26)24-18-5-4-15(21)11-17(18)22)30-20(27)14-6-9-25(10-7-14)31(28,29)16-3-2-8-23-12-16/h2-5,8,11-14H,6-7,9-10H2,1H3,(H,24,26). The summed E-state index contributed by atoms with van der Waals surface area (Å²) in [5, 5.41) is 3.29. The van der Waals surface area contributed by atoms with Gasteiger partial charge in [-0.25, -0.2) is 8.42 Å². The van der Waals surface area contributed by atoms with Crippen LogP contribution in [0.15, 0.2) is 47.6 Å². The molecule has 0 bridgehead atoms. The molecule has 0 aliphatic carbocycles. The Kier molecular flexibility index (Phi) is 7.53. The van der Waals surface area contributed by atoms with E-state index in [4.69, 9.17) is 27.9 Å². The second-order valence-electron chi connectivity index (χ2n) is 7.06. The Balaban J connectivity index is 1.53. The summed E-state index contributed by atoms with van der Waals surface area (Å²) in [4.78, 5) is 28.8. The molecule has 1 amide bonds. The van der Waals surface area contributed by atoms with Gasteiger partial charge in [0.15, 0.2) is 6.10 Å². The topological polar surface area (TPSA) is 106 Å². The highest BCUT2D eigenvalue weighted by molar-refractivity contribution is 7.89. The molecule has 0 saturated carbocycles. The summed E-state index contributed by atoms with van der Waals surface area (Å²) in [5.41, 5.74) is 0.355. The number of pyridine rings is 1. The SMILES string of the molecule is CC(OC(=O)C1CCN(S(=O)(=O)c2cccnc2)CC1)C(=O)Nc1ccc(Cl)cc1Cl. The van der Waals surface area contributed by atoms with E-state index in [0.717, 1.165) is 0 Å². The van der Waals surface area contributed by atoms with Crippen LogP contribution in [0.2, 0.25) is 10.0 Å². The van der Waals surface area contributed by atoms with Crippen LogP contribution in [0, 0.1) is 5.92 Å². The molecule has 8 nitrogen and oxygen atoms in total. The number of halogens is 2. The van der Waals surface area contributed by atoms with Crippen LogP contribution in [0.1, 0.15) is 19.8 Å². The number of carbonyl (C=O) groups excluding carboxylic acids is 2. The summed E-state index contributed by atoms with van der Waals surface area (Å²) in [7, 11) is -3.66. The van der Waals surface area contributed by atoms with E-state index in [1.54, 1.807) is 18.2 Å². The van der Waals surface area contributed by atoms with Gasteiger partial charge in [0.2, 0.25) is 10.0 Å². The fourth-order valence-electron chi connectivity index (χ4n) is 3.13. The molecule has 1 saturated heterocycles. The third-order valence-corrected chi connectivity index (χ3v) is 7.34. The molecule has 1 aromatic carbocycles. The van der Waals surface area contributed by atoms with Crippen molar-refractivity contribution in [3.05, 3.63) is 52.8 Å². The monoisotopic (exact) mass is 485 g/mol. The third-order valence-electron chi connectivity index (χ3n) is 4.91. The number of nitrogens with zero attached hydrogens (tertiary/aromatic N) is 2. The highest BCUT2D eigenvalue weighted by Crippen LogP contribution is 2.27. The first-order valence-electron chi connectivity index (χ1n) is 9.55. The molecule has 3 rings (SSSR count). The first-order valence-corrected chi connectivity index (χ1v) is 11.7. The number of hydrogen-bond acceptors (Lipinski definition) is 6. The van der Waals surface area contributed by atoms with Crippen LogP contribution in [0.4, 0.5) is 5.69 Å². The number of piperidine rings is 1. The smallest absolute Gasteiger partial charge is 0.309 e. The number of amides is 1. The molecule has 2 heterocycles. The molecule has 31 heavy (non-hydrogen) atoms. The van der Waals surface area contributed by atoms with Crippen LogP contribution in [-0.4, -0.2) is 48.8 Å². The normalized spacial score (nSPS) is 16.5. The van der Waals surface area contributed by atoms with Crippen molar-refractivity contribution in [3.63, 3.8) is 0 Å². The molecule has 0 radical (unpaired) electrons. The van der Waals surface area contributed by atoms with Crippen LogP contribution in [0.3, 0.4) is 0 Å². The molecule has 0 spiro atoms. The molecule has 11 heteroatoms. The lowest BCUT2D eigenvalue weighted by Crippen LogP contribution is -2.41. The Hall–Kier alpha value is -2.20. The van der Waals surface area contributed by atoms with E-state index in [9.17, 15) is 18.0 Å². The third kappa shape index (κ3) is 5.74. The Bertz CT molecular complexity index is 1060. The maximum atomic E-state index is 12.7. The van der Waals surface area contributed by atoms with Gasteiger partial charge < -0.3 is 10.1 Å². The van der Waals surface area contributed by atoms with Crippen molar-refractivity contribution in [3.8, 4) is 0 Å². The molecular formula is C20H21Cl2N3O5S. The van der Waals surface area contributed by atoms with Crippen LogP contribution >= 0.6 is 23.2 Å². The van der Waals surface area contributed by atoms with Gasteiger partial charge in [0.1, 0.15) is 4.90 Å². The van der Waals surface area contributed by atoms with E-state index in [-0.39, 0.29) is 23.0 Å². The van der Waals surface area contributed by atoms with E-state index in [1.165, 1.54) is 35.8 Å². The first kappa shape index (κ1) is 23.5. The quantitative estimate of drug-likeness (QED) is 0.628. The molecule has 1 atom stereocenters. The lowest BCUT2D eigenvalue weighted by atomic mass is 9.98. The summed E-state index contributed by atoms with van der Waals surface area (Å²) in [6.45, 7) is 1.81. The minimum absolute atomic E-state index is 0.113. The molecular weight excluding hydrogens is 465 g/mol. The zero-order valence-corrected chi connectivity index (χ0v) is 19.0. The molecule has 1 aliphatic heterocycles. The van der Waals surface area contributed by atoms with Gasteiger partial charge in [0.05, 0.1) is 16.6 Å². The van der Waals surface area contributed by atoms with Crippen molar-refractivity contribution in [2.45, 2.75) is 30.8 Å². The maximum Gasteiger partial charge on any atom is 0.309 e. The summed E-state index contributed by atoms with van der Waals surface area (Å²) in [5.74, 6) is -1.56. The first-order chi connectivity index (χ1) is 14.7. The number of esters is 1. The van der Waals surface area contributed by atoms with E-state index in [0.29, 0.717) is 23.6 Å². The maximum absolute atomic E-state index is 12.7. The van der Waals surface area contributed by atoms with E-state index < -0.39 is 33.9 Å². The Morgan fingerprint density at radius 2 is 1.94 bits per heavy atom. The van der Waals surface area contributed by atoms with Gasteiger partial charge in [0.25, 0.3) is 5.91 Å². The molecule has 1 N–H and O–H groups in total. The van der Waals surface area contributed by atoms with Crippen molar-refractivity contribution < 1.29 is 22.7 Å². The average Bonchev–Trinajstić information content (AvgIpc) is 2.76. The Morgan fingerprint density at radius 1 is 1.23 bits per heavy atom. The highest BCUT2D eigenvalue weighted by Gasteiger charge is 2.34. The number of hydrogen-bond donors (Lipinski definition) is 1. The predicted molar refractivity (Wildman–Crippen MR) is 116 cm³/mol. The summed E-state index contributed by atoms with van der Waals surface area (Å²) < 4.78 is 31.9. The minimum atomic E-state index is -3.66. The number of sulfonamides is 1. The molecule has 166 valence electrons. The average molecular weight is 486 g/mol. The Labute approximate surface area is 190 Å². The number of aromatic nitrogens is 1. The Morgan fingerprint density at radius 3 is 2.55 bits per heavy atom. The van der Waals surface area contributed by atoms with Crippen LogP contribution < -0.4 is 5.32 Å². The van der Waals surface area contributed by atoms with Crippen molar-refractivity contribution in [1.82, 2.24) is 9.29 Å². The van der Waals surface area contributed by atoms with Crippen molar-refractivity contribution in [1.29, 1.82) is 0 Å². The van der Waals surface area contributed by atoms with Crippen molar-refractivity contribution >= 4 is 50.8 Å². The highest BCUT2D eigenvalue weighted by atomic mass is 35.5. The van der Waals surface area contributed by atoms with Gasteiger partial charge >= 0.3 is 5.97 Å². The zero-order valence-electron chi connectivity index (χ0n) is 16.6. The molecule has 1 aliphatic rings. The van der Waals surface area contributed by atoms with Gasteiger partial charge in [0, 0.05) is 30.5 Å². The van der Waals surface area contributed by atoms with E-state index >= 15 is 0 Å². The molecule has 1 aromatic heterocycles. The number of benzene rings is 1. The molecule has 1 unspecified atom stereocenters. The van der Waals surface area contributed by atoms with Gasteiger partial charge in [-0.2, -0.15) is 4.31 Å². The van der Waals surface area contributed by atoms with Crippen molar-refractivity contribution in [2.75, 3.05) is 18.4 Å². The van der Waals surface area contributed by atoms with Gasteiger partial charge in [-0.3, -0.25) is 14.6 Å². The summed E-state index contributed by atoms with van der Waals surface area (Å²) in [6.07, 6.45) is 2.35.